The van der Waals surface area contributed by atoms with Gasteiger partial charge in [-0.1, -0.05) is 23.7 Å². The van der Waals surface area contributed by atoms with Gasteiger partial charge in [0.1, 0.15) is 5.75 Å². The highest BCUT2D eigenvalue weighted by Gasteiger charge is 2.27. The lowest BCUT2D eigenvalue weighted by molar-refractivity contribution is 0.188. The van der Waals surface area contributed by atoms with Crippen molar-refractivity contribution < 1.29 is 18.1 Å². The van der Waals surface area contributed by atoms with E-state index >= 15 is 0 Å². The fraction of sp³-hybridized carbons (Fsp3) is 0.333. The minimum atomic E-state index is -3.63. The van der Waals surface area contributed by atoms with Crippen molar-refractivity contribution in [3.8, 4) is 5.75 Å². The number of rotatable bonds is 6. The fourth-order valence-corrected chi connectivity index (χ4v) is 2.26. The minimum absolute atomic E-state index is 0.0666. The van der Waals surface area contributed by atoms with Gasteiger partial charge in [-0.2, -0.15) is 0 Å². The molecule has 0 aliphatic carbocycles. The third-order valence-corrected chi connectivity index (χ3v) is 3.43. The number of phosphoric ester groups is 1. The lowest BCUT2D eigenvalue weighted by Gasteiger charge is -2.16. The summed E-state index contributed by atoms with van der Waals surface area (Å²) < 4.78 is 26.6. The van der Waals surface area contributed by atoms with Gasteiger partial charge in [0.25, 0.3) is 0 Å². The quantitative estimate of drug-likeness (QED) is 0.590. The predicted octanol–water partition coefficient (Wildman–Crippen LogP) is 3.73. The molecule has 0 bridgehead atoms. The molecule has 0 fully saturated rings. The number of halogens is 2. The van der Waals surface area contributed by atoms with Crippen molar-refractivity contribution in [1.29, 1.82) is 0 Å². The second-order valence-corrected chi connectivity index (χ2v) is 5.16. The maximum Gasteiger partial charge on any atom is 0.529 e. The topological polar surface area (TPSA) is 44.8 Å². The summed E-state index contributed by atoms with van der Waals surface area (Å²) in [5.41, 5.74) is 0. The molecule has 0 radical (unpaired) electrons. The molecule has 0 spiro atoms. The van der Waals surface area contributed by atoms with Crippen LogP contribution in [0.15, 0.2) is 24.3 Å². The predicted molar refractivity (Wildman–Crippen MR) is 63.4 cm³/mol. The molecule has 1 rings (SSSR count). The van der Waals surface area contributed by atoms with E-state index in [0.29, 0.717) is 5.02 Å². The van der Waals surface area contributed by atoms with Crippen molar-refractivity contribution in [2.75, 3.05) is 19.6 Å². The summed E-state index contributed by atoms with van der Waals surface area (Å²) in [6.07, 6.45) is 0. The van der Waals surface area contributed by atoms with E-state index < -0.39 is 7.82 Å². The average molecular weight is 285 g/mol. The second-order valence-electron chi connectivity index (χ2n) is 2.67. The molecule has 0 saturated heterocycles. The molecule has 7 heteroatoms. The summed E-state index contributed by atoms with van der Waals surface area (Å²) in [5.74, 6) is 0.433. The molecular weight excluding hydrogens is 274 g/mol. The van der Waals surface area contributed by atoms with E-state index in [1.54, 1.807) is 24.3 Å². The summed E-state index contributed by atoms with van der Waals surface area (Å²) in [5, 5.41) is 0.328. The van der Waals surface area contributed by atoms with Gasteiger partial charge in [-0.15, -0.1) is 11.6 Å². The second kappa shape index (κ2) is 6.48. The van der Waals surface area contributed by atoms with Crippen LogP contribution in [0.4, 0.5) is 0 Å². The highest BCUT2D eigenvalue weighted by atomic mass is 35.5. The molecule has 0 aromatic heterocycles. The molecule has 0 amide bonds. The Bertz CT molecular complexity index is 386. The first-order chi connectivity index (χ1) is 7.61. The molecule has 4 nitrogen and oxygen atoms in total. The van der Waals surface area contributed by atoms with E-state index in [1.165, 1.54) is 7.11 Å². The smallest absolute Gasteiger partial charge is 0.402 e. The van der Waals surface area contributed by atoms with Gasteiger partial charge in [0.05, 0.1) is 11.6 Å². The van der Waals surface area contributed by atoms with Crippen LogP contribution in [0.3, 0.4) is 0 Å². The number of hydrogen-bond acceptors (Lipinski definition) is 4. The normalized spacial score (nSPS) is 14.4. The van der Waals surface area contributed by atoms with Crippen LogP contribution in [0.5, 0.6) is 5.75 Å². The zero-order valence-electron chi connectivity index (χ0n) is 8.56. The molecule has 1 unspecified atom stereocenters. The van der Waals surface area contributed by atoms with Crippen molar-refractivity contribution in [1.82, 2.24) is 0 Å². The Morgan fingerprint density at radius 2 is 2.06 bits per heavy atom. The van der Waals surface area contributed by atoms with E-state index in [-0.39, 0.29) is 18.2 Å². The fourth-order valence-electron chi connectivity index (χ4n) is 0.902. The number of para-hydroxylation sites is 1. The lowest BCUT2D eigenvalue weighted by atomic mass is 10.3. The SMILES string of the molecule is COP(=O)(OCCCl)Oc1ccccc1Cl. The van der Waals surface area contributed by atoms with Crippen molar-refractivity contribution in [2.45, 2.75) is 0 Å². The van der Waals surface area contributed by atoms with Crippen LogP contribution in [-0.2, 0) is 13.6 Å². The van der Waals surface area contributed by atoms with Crippen LogP contribution in [0.25, 0.3) is 0 Å². The first kappa shape index (κ1) is 13.8. The van der Waals surface area contributed by atoms with Crippen LogP contribution in [-0.4, -0.2) is 19.6 Å². The average Bonchev–Trinajstić information content (AvgIpc) is 2.30. The molecule has 1 atom stereocenters. The molecule has 1 aromatic carbocycles. The van der Waals surface area contributed by atoms with Gasteiger partial charge in [-0.3, -0.25) is 9.05 Å². The van der Waals surface area contributed by atoms with E-state index in [2.05, 4.69) is 0 Å². The molecule has 0 aliphatic heterocycles. The van der Waals surface area contributed by atoms with Crippen LogP contribution < -0.4 is 4.52 Å². The monoisotopic (exact) mass is 284 g/mol. The highest BCUT2D eigenvalue weighted by molar-refractivity contribution is 7.48. The Morgan fingerprint density at radius 3 is 2.62 bits per heavy atom. The van der Waals surface area contributed by atoms with Gasteiger partial charge in [0, 0.05) is 13.0 Å². The van der Waals surface area contributed by atoms with Crippen molar-refractivity contribution in [2.24, 2.45) is 0 Å². The lowest BCUT2D eigenvalue weighted by Crippen LogP contribution is -2.02. The summed E-state index contributed by atoms with van der Waals surface area (Å²) in [6, 6.07) is 6.60. The van der Waals surface area contributed by atoms with Crippen LogP contribution in [0.1, 0.15) is 0 Å². The van der Waals surface area contributed by atoms with Crippen molar-refractivity contribution >= 4 is 31.0 Å². The zero-order valence-corrected chi connectivity index (χ0v) is 11.0. The molecular formula is C9H11Cl2O4P. The Hall–Kier alpha value is -0.250. The van der Waals surface area contributed by atoms with Gasteiger partial charge in [0.2, 0.25) is 0 Å². The first-order valence-corrected chi connectivity index (χ1v) is 6.79. The van der Waals surface area contributed by atoms with Gasteiger partial charge in [0.15, 0.2) is 0 Å². The zero-order chi connectivity index (χ0) is 12.0. The number of hydrogen-bond donors (Lipinski definition) is 0. The maximum absolute atomic E-state index is 11.9. The molecule has 90 valence electrons. The largest absolute Gasteiger partial charge is 0.529 e. The standard InChI is InChI=1S/C9H11Cl2O4P/c1-13-16(12,14-7-6-10)15-9-5-3-2-4-8(9)11/h2-5H,6-7H2,1H3. The number of alkyl halides is 1. The molecule has 1 aromatic rings. The summed E-state index contributed by atoms with van der Waals surface area (Å²) in [4.78, 5) is 0. The Balaban J connectivity index is 2.77. The van der Waals surface area contributed by atoms with Crippen LogP contribution in [0.2, 0.25) is 5.02 Å². The first-order valence-electron chi connectivity index (χ1n) is 4.41. The Labute approximate surface area is 104 Å². The van der Waals surface area contributed by atoms with E-state index in [4.69, 9.17) is 36.8 Å². The molecule has 0 aliphatic rings. The third-order valence-electron chi connectivity index (χ3n) is 1.60. The minimum Gasteiger partial charge on any atom is -0.402 e. The molecule has 16 heavy (non-hydrogen) atoms. The Morgan fingerprint density at radius 1 is 1.38 bits per heavy atom. The maximum atomic E-state index is 11.9. The number of phosphoric acid groups is 1. The highest BCUT2D eigenvalue weighted by Crippen LogP contribution is 2.49. The van der Waals surface area contributed by atoms with Crippen molar-refractivity contribution in [3.05, 3.63) is 29.3 Å². The van der Waals surface area contributed by atoms with E-state index in [1.807, 2.05) is 0 Å². The summed E-state index contributed by atoms with van der Waals surface area (Å²) in [6.45, 7) is 0.0666. The van der Waals surface area contributed by atoms with Gasteiger partial charge < -0.3 is 4.52 Å². The summed E-state index contributed by atoms with van der Waals surface area (Å²) in [7, 11) is -2.41. The van der Waals surface area contributed by atoms with Gasteiger partial charge in [-0.05, 0) is 12.1 Å². The van der Waals surface area contributed by atoms with Crippen molar-refractivity contribution in [3.63, 3.8) is 0 Å². The molecule has 0 heterocycles. The van der Waals surface area contributed by atoms with Gasteiger partial charge >= 0.3 is 7.82 Å². The summed E-state index contributed by atoms with van der Waals surface area (Å²) >= 11 is 11.3. The van der Waals surface area contributed by atoms with E-state index in [0.717, 1.165) is 0 Å². The number of benzene rings is 1. The van der Waals surface area contributed by atoms with Crippen LogP contribution >= 0.6 is 31.0 Å². The third kappa shape index (κ3) is 3.96. The van der Waals surface area contributed by atoms with E-state index in [9.17, 15) is 4.57 Å². The van der Waals surface area contributed by atoms with Gasteiger partial charge in [-0.25, -0.2) is 4.57 Å². The van der Waals surface area contributed by atoms with Crippen LogP contribution in [0, 0.1) is 0 Å². The molecule has 0 N–H and O–H groups in total. The molecule has 0 saturated carbocycles. The Kier molecular flexibility index (Phi) is 5.59.